The van der Waals surface area contributed by atoms with Gasteiger partial charge in [-0.05, 0) is 47.5 Å². The van der Waals surface area contributed by atoms with Gasteiger partial charge in [0.1, 0.15) is 11.5 Å². The Balaban J connectivity index is 1.48. The number of carbonyl (C=O) groups is 1. The summed E-state index contributed by atoms with van der Waals surface area (Å²) in [6.45, 7) is 4.80. The van der Waals surface area contributed by atoms with Crippen LogP contribution >= 0.6 is 0 Å². The van der Waals surface area contributed by atoms with E-state index in [2.05, 4.69) is 10.2 Å². The average molecular weight is 600 g/mol. The molecule has 0 aromatic heterocycles. The monoisotopic (exact) mass is 599 g/mol. The summed E-state index contributed by atoms with van der Waals surface area (Å²) < 4.78 is 23.3. The molecule has 1 fully saturated rings. The van der Waals surface area contributed by atoms with Gasteiger partial charge in [-0.2, -0.15) is 0 Å². The molecule has 2 N–H and O–H groups in total. The maximum absolute atomic E-state index is 14.3. The van der Waals surface area contributed by atoms with E-state index in [9.17, 15) is 4.79 Å². The summed E-state index contributed by atoms with van der Waals surface area (Å²) in [5.74, 6) is 1.54. The second-order valence-electron chi connectivity index (χ2n) is 10.8. The van der Waals surface area contributed by atoms with E-state index in [0.29, 0.717) is 56.6 Å². The third-order valence-electron chi connectivity index (χ3n) is 7.78. The van der Waals surface area contributed by atoms with Crippen LogP contribution in [0.15, 0.2) is 89.9 Å². The minimum absolute atomic E-state index is 0.0731. The van der Waals surface area contributed by atoms with Gasteiger partial charge in [0.25, 0.3) is 5.91 Å². The minimum Gasteiger partial charge on any atom is -0.497 e. The summed E-state index contributed by atoms with van der Waals surface area (Å²) in [6.07, 6.45) is 4.19. The molecule has 44 heavy (non-hydrogen) atoms. The van der Waals surface area contributed by atoms with E-state index in [-0.39, 0.29) is 12.5 Å². The Hall–Kier alpha value is -4.18. The highest BCUT2D eigenvalue weighted by molar-refractivity contribution is 6.01. The van der Waals surface area contributed by atoms with Gasteiger partial charge < -0.3 is 29.4 Å². The lowest BCUT2D eigenvalue weighted by molar-refractivity contribution is -0.128. The molecule has 2 aliphatic heterocycles. The highest BCUT2D eigenvalue weighted by atomic mass is 16.5. The number of ether oxygens (including phenoxy) is 4. The van der Waals surface area contributed by atoms with Crippen molar-refractivity contribution in [3.8, 4) is 11.5 Å². The molecule has 9 heteroatoms. The zero-order valence-electron chi connectivity index (χ0n) is 25.2. The van der Waals surface area contributed by atoms with Gasteiger partial charge in [0, 0.05) is 51.2 Å². The second-order valence-corrected chi connectivity index (χ2v) is 10.8. The van der Waals surface area contributed by atoms with E-state index in [4.69, 9.17) is 29.0 Å². The predicted octanol–water partition coefficient (Wildman–Crippen LogP) is 4.27. The van der Waals surface area contributed by atoms with E-state index in [0.717, 1.165) is 36.3 Å². The second kappa shape index (κ2) is 15.5. The van der Waals surface area contributed by atoms with E-state index in [1.54, 1.807) is 7.11 Å². The number of morpholine rings is 1. The van der Waals surface area contributed by atoms with Gasteiger partial charge in [-0.3, -0.25) is 9.69 Å². The Morgan fingerprint density at radius 1 is 1.07 bits per heavy atom. The topological polar surface area (TPSA) is 102 Å². The molecule has 5 rings (SSSR count). The molecule has 232 valence electrons. The molecule has 0 radical (unpaired) electrons. The number of methoxy groups -OCH3 is 1. The van der Waals surface area contributed by atoms with Crippen LogP contribution in [0, 0.1) is 0 Å². The number of amides is 1. The number of aliphatic hydroxyl groups is 1. The lowest BCUT2D eigenvalue weighted by Crippen LogP contribution is -2.50. The van der Waals surface area contributed by atoms with Crippen LogP contribution in [0.4, 0.5) is 0 Å². The van der Waals surface area contributed by atoms with Gasteiger partial charge >= 0.3 is 0 Å². The molecular formula is C35H41N3O6. The number of carbonyl (C=O) groups excluding carboxylic acids is 1. The Labute approximate surface area is 259 Å². The van der Waals surface area contributed by atoms with Gasteiger partial charge in [-0.15, -0.1) is 0 Å². The van der Waals surface area contributed by atoms with Crippen LogP contribution in [0.2, 0.25) is 0 Å². The molecule has 3 aromatic carbocycles. The van der Waals surface area contributed by atoms with Crippen LogP contribution in [0.25, 0.3) is 6.08 Å². The summed E-state index contributed by atoms with van der Waals surface area (Å²) in [4.78, 5) is 21.7. The molecule has 1 saturated heterocycles. The number of benzene rings is 3. The van der Waals surface area contributed by atoms with E-state index in [1.807, 2.05) is 91.0 Å². The molecule has 0 aliphatic carbocycles. The summed E-state index contributed by atoms with van der Waals surface area (Å²) in [6, 6.07) is 25.0. The summed E-state index contributed by atoms with van der Waals surface area (Å²) in [5.41, 5.74) is 1.30. The van der Waals surface area contributed by atoms with Crippen LogP contribution in [-0.4, -0.2) is 87.1 Å². The average Bonchev–Trinajstić information content (AvgIpc) is 3.47. The number of nitrogens with one attached hydrogen (secondary N) is 1. The number of rotatable bonds is 14. The molecule has 2 atom stereocenters. The Morgan fingerprint density at radius 2 is 1.86 bits per heavy atom. The number of aliphatic hydroxyl groups excluding tert-OH is 1. The van der Waals surface area contributed by atoms with Crippen LogP contribution in [-0.2, 0) is 14.3 Å². The van der Waals surface area contributed by atoms with Crippen molar-refractivity contribution in [3.63, 3.8) is 0 Å². The van der Waals surface area contributed by atoms with Gasteiger partial charge in [0.15, 0.2) is 11.6 Å². The standard InChI is InChI=1S/C35H41N3O6/c1-41-31-12-5-11-29(26-31)32-35(17-6-10-27-8-3-2-4-9-27,34(40)36-18-19-38-20-24-42-25-21-38)37-33(44-32)28-13-15-30(16-14-28)43-23-7-22-39/h2-6,8-16,26,32,39H,7,17-25H2,1H3,(H,36,40)/b10-6+/t32-,35-/m1/s1. The quantitative estimate of drug-likeness (QED) is 0.267. The number of hydrogen-bond donors (Lipinski definition) is 2. The molecular weight excluding hydrogens is 558 g/mol. The van der Waals surface area contributed by atoms with Crippen molar-refractivity contribution in [1.82, 2.24) is 10.2 Å². The van der Waals surface area contributed by atoms with Crippen LogP contribution in [0.1, 0.15) is 35.6 Å². The largest absolute Gasteiger partial charge is 0.497 e. The molecule has 2 aliphatic rings. The predicted molar refractivity (Wildman–Crippen MR) is 170 cm³/mol. The van der Waals surface area contributed by atoms with Crippen molar-refractivity contribution in [1.29, 1.82) is 0 Å². The molecule has 0 unspecified atom stereocenters. The van der Waals surface area contributed by atoms with Crippen molar-refractivity contribution in [2.24, 2.45) is 4.99 Å². The Bertz CT molecular complexity index is 1410. The van der Waals surface area contributed by atoms with Crippen molar-refractivity contribution in [3.05, 3.63) is 102 Å². The fourth-order valence-electron chi connectivity index (χ4n) is 5.36. The third-order valence-corrected chi connectivity index (χ3v) is 7.78. The van der Waals surface area contributed by atoms with E-state index in [1.165, 1.54) is 0 Å². The maximum Gasteiger partial charge on any atom is 0.252 e. The van der Waals surface area contributed by atoms with Gasteiger partial charge in [-0.25, -0.2) is 4.99 Å². The van der Waals surface area contributed by atoms with Crippen molar-refractivity contribution in [2.45, 2.75) is 24.5 Å². The molecule has 2 heterocycles. The summed E-state index contributed by atoms with van der Waals surface area (Å²) in [7, 11) is 1.62. The van der Waals surface area contributed by atoms with Gasteiger partial charge in [0.05, 0.1) is 26.9 Å². The molecule has 3 aromatic rings. The molecule has 1 amide bonds. The molecule has 0 bridgehead atoms. The van der Waals surface area contributed by atoms with E-state index >= 15 is 0 Å². The van der Waals surface area contributed by atoms with Crippen LogP contribution in [0.3, 0.4) is 0 Å². The van der Waals surface area contributed by atoms with Gasteiger partial charge in [0.2, 0.25) is 5.90 Å². The first-order valence-corrected chi connectivity index (χ1v) is 15.2. The molecule has 9 nitrogen and oxygen atoms in total. The molecule has 0 saturated carbocycles. The highest BCUT2D eigenvalue weighted by Gasteiger charge is 2.52. The SMILES string of the molecule is COc1cccc([C@H]2OC(c3ccc(OCCCO)cc3)=N[C@@]2(C/C=C/c2ccccc2)C(=O)NCCN2CCOCC2)c1. The first kappa shape index (κ1) is 31.3. The minimum atomic E-state index is -1.27. The number of hydrogen-bond acceptors (Lipinski definition) is 8. The summed E-state index contributed by atoms with van der Waals surface area (Å²) >= 11 is 0. The number of aliphatic imine (C=N–C) groups is 1. The fourth-order valence-corrected chi connectivity index (χ4v) is 5.36. The van der Waals surface area contributed by atoms with Crippen LogP contribution < -0.4 is 14.8 Å². The van der Waals surface area contributed by atoms with Gasteiger partial charge in [-0.1, -0.05) is 54.6 Å². The Morgan fingerprint density at radius 3 is 2.61 bits per heavy atom. The normalized spacial score (nSPS) is 20.2. The molecule has 0 spiro atoms. The zero-order valence-corrected chi connectivity index (χ0v) is 25.2. The third kappa shape index (κ3) is 7.85. The lowest BCUT2D eigenvalue weighted by atomic mass is 9.84. The smallest absolute Gasteiger partial charge is 0.252 e. The Kier molecular flexibility index (Phi) is 11.0. The van der Waals surface area contributed by atoms with Crippen molar-refractivity contribution >= 4 is 17.9 Å². The highest BCUT2D eigenvalue weighted by Crippen LogP contribution is 2.43. The zero-order chi connectivity index (χ0) is 30.6. The van der Waals surface area contributed by atoms with Crippen LogP contribution in [0.5, 0.6) is 11.5 Å². The fraction of sp³-hybridized carbons (Fsp3) is 0.371. The first-order valence-electron chi connectivity index (χ1n) is 15.2. The number of nitrogens with zero attached hydrogens (tertiary/aromatic N) is 2. The first-order chi connectivity index (χ1) is 21.6. The van der Waals surface area contributed by atoms with E-state index < -0.39 is 11.6 Å². The van der Waals surface area contributed by atoms with Crippen molar-refractivity contribution < 1.29 is 28.8 Å². The summed E-state index contributed by atoms with van der Waals surface area (Å²) in [5, 5.41) is 12.2. The maximum atomic E-state index is 14.3. The lowest BCUT2D eigenvalue weighted by Gasteiger charge is -2.31. The van der Waals surface area contributed by atoms with Crippen molar-refractivity contribution in [2.75, 3.05) is 59.7 Å².